The maximum Gasteiger partial charge on any atom is 0.231 e. The van der Waals surface area contributed by atoms with Gasteiger partial charge in [-0.25, -0.2) is 9.97 Å². The van der Waals surface area contributed by atoms with Gasteiger partial charge in [0.05, 0.1) is 12.8 Å². The Morgan fingerprint density at radius 2 is 1.79 bits per heavy atom. The Kier molecular flexibility index (Phi) is 4.89. The Morgan fingerprint density at radius 3 is 2.64 bits per heavy atom. The summed E-state index contributed by atoms with van der Waals surface area (Å²) in [5.41, 5.74) is 3.08. The van der Waals surface area contributed by atoms with E-state index in [0.29, 0.717) is 18.2 Å². The van der Waals surface area contributed by atoms with Gasteiger partial charge < -0.3 is 24.8 Å². The molecule has 0 atom stereocenters. The number of aryl methyl sites for hydroxylation is 2. The number of hydrogen-bond acceptors (Lipinski definition) is 7. The minimum atomic E-state index is 0.273. The van der Waals surface area contributed by atoms with Crippen LogP contribution in [0.5, 0.6) is 17.2 Å². The lowest BCUT2D eigenvalue weighted by molar-refractivity contribution is 0.174. The molecule has 2 N–H and O–H groups in total. The SMILES string of the molecule is COc1ccc(C)cc1Nc1cc(NCc2ccc3c(c2)OCO3)nc(C)n1. The molecule has 1 aromatic heterocycles. The van der Waals surface area contributed by atoms with E-state index in [2.05, 4.69) is 20.6 Å². The van der Waals surface area contributed by atoms with Crippen LogP contribution in [0, 0.1) is 13.8 Å². The van der Waals surface area contributed by atoms with Gasteiger partial charge in [0, 0.05) is 12.6 Å². The average molecular weight is 378 g/mol. The molecule has 144 valence electrons. The maximum atomic E-state index is 5.43. The number of nitrogens with zero attached hydrogens (tertiary/aromatic N) is 2. The molecule has 2 heterocycles. The molecule has 0 radical (unpaired) electrons. The highest BCUT2D eigenvalue weighted by Crippen LogP contribution is 2.33. The standard InChI is InChI=1S/C21H22N4O3/c1-13-4-6-17(26-3)16(8-13)25-21-10-20(23-14(2)24-21)22-11-15-5-7-18-19(9-15)28-12-27-18/h4-10H,11-12H2,1-3H3,(H2,22,23,24,25). The number of fused-ring (bicyclic) bond motifs is 1. The molecule has 3 aromatic rings. The van der Waals surface area contributed by atoms with Crippen LogP contribution in [0.3, 0.4) is 0 Å². The summed E-state index contributed by atoms with van der Waals surface area (Å²) in [4.78, 5) is 8.96. The van der Waals surface area contributed by atoms with E-state index in [4.69, 9.17) is 14.2 Å². The number of rotatable bonds is 6. The first-order valence-electron chi connectivity index (χ1n) is 9.00. The second-order valence-corrected chi connectivity index (χ2v) is 6.56. The topological polar surface area (TPSA) is 77.5 Å². The van der Waals surface area contributed by atoms with Crippen LogP contribution in [-0.4, -0.2) is 23.9 Å². The van der Waals surface area contributed by atoms with Gasteiger partial charge >= 0.3 is 0 Å². The highest BCUT2D eigenvalue weighted by Gasteiger charge is 2.13. The van der Waals surface area contributed by atoms with E-state index in [9.17, 15) is 0 Å². The van der Waals surface area contributed by atoms with Crippen LogP contribution in [0.1, 0.15) is 17.0 Å². The third-order valence-corrected chi connectivity index (χ3v) is 4.37. The number of methoxy groups -OCH3 is 1. The van der Waals surface area contributed by atoms with E-state index in [-0.39, 0.29) is 6.79 Å². The summed E-state index contributed by atoms with van der Waals surface area (Å²) in [7, 11) is 1.65. The third kappa shape index (κ3) is 3.93. The molecule has 0 spiro atoms. The Hall–Kier alpha value is -3.48. The van der Waals surface area contributed by atoms with Crippen molar-refractivity contribution in [3.05, 3.63) is 59.4 Å². The monoisotopic (exact) mass is 378 g/mol. The quantitative estimate of drug-likeness (QED) is 0.666. The molecule has 2 aromatic carbocycles. The van der Waals surface area contributed by atoms with Crippen molar-refractivity contribution < 1.29 is 14.2 Å². The van der Waals surface area contributed by atoms with Crippen LogP contribution in [0.2, 0.25) is 0 Å². The van der Waals surface area contributed by atoms with Gasteiger partial charge in [0.1, 0.15) is 23.2 Å². The molecule has 0 amide bonds. The van der Waals surface area contributed by atoms with Crippen LogP contribution < -0.4 is 24.8 Å². The van der Waals surface area contributed by atoms with Crippen LogP contribution in [0.4, 0.5) is 17.3 Å². The van der Waals surface area contributed by atoms with Crippen molar-refractivity contribution >= 4 is 17.3 Å². The normalized spacial score (nSPS) is 12.0. The van der Waals surface area contributed by atoms with Gasteiger partial charge in [-0.1, -0.05) is 12.1 Å². The lowest BCUT2D eigenvalue weighted by atomic mass is 10.2. The van der Waals surface area contributed by atoms with E-state index in [1.807, 2.05) is 56.3 Å². The van der Waals surface area contributed by atoms with Crippen LogP contribution in [-0.2, 0) is 6.54 Å². The fourth-order valence-corrected chi connectivity index (χ4v) is 3.02. The van der Waals surface area contributed by atoms with E-state index in [1.54, 1.807) is 7.11 Å². The van der Waals surface area contributed by atoms with E-state index >= 15 is 0 Å². The Bertz CT molecular complexity index is 1010. The maximum absolute atomic E-state index is 5.43. The molecule has 0 saturated carbocycles. The van der Waals surface area contributed by atoms with Crippen molar-refractivity contribution in [3.63, 3.8) is 0 Å². The predicted octanol–water partition coefficient (Wildman–Crippen LogP) is 4.19. The fourth-order valence-electron chi connectivity index (χ4n) is 3.02. The second-order valence-electron chi connectivity index (χ2n) is 6.56. The van der Waals surface area contributed by atoms with Crippen molar-refractivity contribution in [3.8, 4) is 17.2 Å². The molecule has 1 aliphatic heterocycles. The van der Waals surface area contributed by atoms with Gasteiger partial charge in [-0.05, 0) is 49.2 Å². The van der Waals surface area contributed by atoms with E-state index < -0.39 is 0 Å². The molecule has 7 nitrogen and oxygen atoms in total. The first kappa shape index (κ1) is 17.9. The van der Waals surface area contributed by atoms with Gasteiger partial charge in [0.15, 0.2) is 11.5 Å². The first-order valence-corrected chi connectivity index (χ1v) is 9.00. The van der Waals surface area contributed by atoms with Gasteiger partial charge in [-0.3, -0.25) is 0 Å². The van der Waals surface area contributed by atoms with Crippen LogP contribution in [0.15, 0.2) is 42.5 Å². The van der Waals surface area contributed by atoms with E-state index in [1.165, 1.54) is 0 Å². The first-order chi connectivity index (χ1) is 13.6. The number of anilines is 3. The molecule has 0 aliphatic carbocycles. The molecular weight excluding hydrogens is 356 g/mol. The van der Waals surface area contributed by atoms with Crippen molar-refractivity contribution in [2.24, 2.45) is 0 Å². The molecule has 0 saturated heterocycles. The molecule has 0 unspecified atom stereocenters. The lowest BCUT2D eigenvalue weighted by Gasteiger charge is -2.13. The van der Waals surface area contributed by atoms with Crippen LogP contribution in [0.25, 0.3) is 0 Å². The number of nitrogens with one attached hydrogen (secondary N) is 2. The predicted molar refractivity (Wildman–Crippen MR) is 108 cm³/mol. The molecule has 1 aliphatic rings. The summed E-state index contributed by atoms with van der Waals surface area (Å²) in [6, 6.07) is 13.7. The molecular formula is C21H22N4O3. The highest BCUT2D eigenvalue weighted by molar-refractivity contribution is 5.66. The lowest BCUT2D eigenvalue weighted by Crippen LogP contribution is -2.05. The molecule has 0 fully saturated rings. The molecule has 4 rings (SSSR count). The summed E-state index contributed by atoms with van der Waals surface area (Å²) >= 11 is 0. The van der Waals surface area contributed by atoms with Crippen molar-refractivity contribution in [2.45, 2.75) is 20.4 Å². The van der Waals surface area contributed by atoms with E-state index in [0.717, 1.165) is 39.9 Å². The zero-order chi connectivity index (χ0) is 19.5. The summed E-state index contributed by atoms with van der Waals surface area (Å²) in [5, 5.41) is 6.67. The summed E-state index contributed by atoms with van der Waals surface area (Å²) < 4.78 is 16.2. The van der Waals surface area contributed by atoms with Crippen molar-refractivity contribution in [2.75, 3.05) is 24.5 Å². The summed E-state index contributed by atoms with van der Waals surface area (Å²) in [6.07, 6.45) is 0. The smallest absolute Gasteiger partial charge is 0.231 e. The second kappa shape index (κ2) is 7.64. The van der Waals surface area contributed by atoms with Crippen molar-refractivity contribution in [1.29, 1.82) is 0 Å². The largest absolute Gasteiger partial charge is 0.495 e. The number of benzene rings is 2. The average Bonchev–Trinajstić information content (AvgIpc) is 3.14. The Balaban J connectivity index is 1.50. The summed E-state index contributed by atoms with van der Waals surface area (Å²) in [6.45, 7) is 4.79. The van der Waals surface area contributed by atoms with Gasteiger partial charge in [0.25, 0.3) is 0 Å². The summed E-state index contributed by atoms with van der Waals surface area (Å²) in [5.74, 6) is 4.41. The molecule has 0 bridgehead atoms. The number of ether oxygens (including phenoxy) is 3. The molecule has 28 heavy (non-hydrogen) atoms. The zero-order valence-electron chi connectivity index (χ0n) is 16.1. The van der Waals surface area contributed by atoms with Gasteiger partial charge in [-0.2, -0.15) is 0 Å². The number of aromatic nitrogens is 2. The Morgan fingerprint density at radius 1 is 0.964 bits per heavy atom. The number of hydrogen-bond donors (Lipinski definition) is 2. The third-order valence-electron chi connectivity index (χ3n) is 4.37. The highest BCUT2D eigenvalue weighted by atomic mass is 16.7. The van der Waals surface area contributed by atoms with Gasteiger partial charge in [0.2, 0.25) is 6.79 Å². The van der Waals surface area contributed by atoms with Crippen LogP contribution >= 0.6 is 0 Å². The molecule has 7 heteroatoms. The minimum Gasteiger partial charge on any atom is -0.495 e. The van der Waals surface area contributed by atoms with Gasteiger partial charge in [-0.15, -0.1) is 0 Å². The minimum absolute atomic E-state index is 0.273. The zero-order valence-corrected chi connectivity index (χ0v) is 16.1. The van der Waals surface area contributed by atoms with Crippen molar-refractivity contribution in [1.82, 2.24) is 9.97 Å². The Labute approximate surface area is 163 Å². The fraction of sp³-hybridized carbons (Fsp3) is 0.238.